The van der Waals surface area contributed by atoms with Gasteiger partial charge in [0.1, 0.15) is 24.8 Å². The molecule has 0 heterocycles. The molecule has 0 aliphatic heterocycles. The minimum Gasteiger partial charge on any atom is -0.491 e. The molecule has 0 fully saturated rings. The summed E-state index contributed by atoms with van der Waals surface area (Å²) in [6.07, 6.45) is 1.10. The van der Waals surface area contributed by atoms with Crippen molar-refractivity contribution in [3.05, 3.63) is 29.6 Å². The third kappa shape index (κ3) is 5.17. The minimum atomic E-state index is -3.11. The van der Waals surface area contributed by atoms with Crippen molar-refractivity contribution in [3.63, 3.8) is 0 Å². The Bertz CT molecular complexity index is 569. The molecule has 0 aliphatic rings. The molecule has 1 N–H and O–H groups in total. The number of aliphatic hydroxyl groups is 1. The van der Waals surface area contributed by atoms with Crippen molar-refractivity contribution in [2.24, 2.45) is 0 Å². The number of benzene rings is 1. The van der Waals surface area contributed by atoms with Crippen molar-refractivity contribution in [2.75, 3.05) is 25.2 Å². The van der Waals surface area contributed by atoms with Crippen molar-refractivity contribution < 1.29 is 22.7 Å². The Balaban J connectivity index is 2.81. The number of halogens is 1. The molecular formula is C12H13FO4S. The molecular weight excluding hydrogens is 259 g/mol. The predicted molar refractivity (Wildman–Crippen MR) is 65.6 cm³/mol. The number of rotatable bonds is 4. The Labute approximate surface area is 105 Å². The number of aliphatic hydroxyl groups excluding tert-OH is 1. The Morgan fingerprint density at radius 2 is 2.17 bits per heavy atom. The molecule has 0 aliphatic carbocycles. The van der Waals surface area contributed by atoms with Crippen molar-refractivity contribution in [1.29, 1.82) is 0 Å². The van der Waals surface area contributed by atoms with Gasteiger partial charge in [-0.25, -0.2) is 12.8 Å². The summed E-state index contributed by atoms with van der Waals surface area (Å²) in [6.45, 7) is -0.377. The third-order valence-corrected chi connectivity index (χ3v) is 2.86. The molecule has 6 heteroatoms. The minimum absolute atomic E-state index is 0.0295. The summed E-state index contributed by atoms with van der Waals surface area (Å²) in [5, 5.41) is 8.58. The van der Waals surface area contributed by atoms with Crippen molar-refractivity contribution in [2.45, 2.75) is 0 Å². The van der Waals surface area contributed by atoms with Crippen molar-refractivity contribution in [1.82, 2.24) is 0 Å². The number of hydrogen-bond acceptors (Lipinski definition) is 4. The molecule has 0 atom stereocenters. The molecule has 0 aromatic heterocycles. The molecule has 1 aromatic carbocycles. The average molecular weight is 272 g/mol. The van der Waals surface area contributed by atoms with Gasteiger partial charge in [-0.2, -0.15) is 0 Å². The van der Waals surface area contributed by atoms with Crippen LogP contribution in [0.3, 0.4) is 0 Å². The fourth-order valence-corrected chi connectivity index (χ4v) is 1.55. The highest BCUT2D eigenvalue weighted by Crippen LogP contribution is 2.18. The van der Waals surface area contributed by atoms with Gasteiger partial charge in [0.2, 0.25) is 0 Å². The molecule has 0 bridgehead atoms. The summed E-state index contributed by atoms with van der Waals surface area (Å²) >= 11 is 0. The Kier molecular flexibility index (Phi) is 5.13. The summed E-state index contributed by atoms with van der Waals surface area (Å²) < 4.78 is 40.1. The van der Waals surface area contributed by atoms with Gasteiger partial charge in [0.15, 0.2) is 9.84 Å². The van der Waals surface area contributed by atoms with E-state index in [9.17, 15) is 12.8 Å². The third-order valence-electron chi connectivity index (χ3n) is 1.96. The van der Waals surface area contributed by atoms with Crippen LogP contribution in [0.25, 0.3) is 0 Å². The predicted octanol–water partition coefficient (Wildman–Crippen LogP) is 0.593. The van der Waals surface area contributed by atoms with Crippen LogP contribution >= 0.6 is 0 Å². The molecule has 0 unspecified atom stereocenters. The van der Waals surface area contributed by atoms with Crippen LogP contribution in [0.2, 0.25) is 0 Å². The normalized spacial score (nSPS) is 10.6. The highest BCUT2D eigenvalue weighted by Gasteiger charge is 2.06. The van der Waals surface area contributed by atoms with Crippen LogP contribution in [0, 0.1) is 17.7 Å². The van der Waals surface area contributed by atoms with E-state index in [1.165, 1.54) is 18.2 Å². The smallest absolute Gasteiger partial charge is 0.150 e. The van der Waals surface area contributed by atoms with Gasteiger partial charge in [0.25, 0.3) is 0 Å². The first-order valence-corrected chi connectivity index (χ1v) is 7.18. The van der Waals surface area contributed by atoms with E-state index >= 15 is 0 Å². The van der Waals surface area contributed by atoms with Gasteiger partial charge < -0.3 is 9.84 Å². The lowest BCUT2D eigenvalue weighted by Crippen LogP contribution is -2.12. The quantitative estimate of drug-likeness (QED) is 0.815. The maximum absolute atomic E-state index is 13.0. The van der Waals surface area contributed by atoms with Gasteiger partial charge in [-0.05, 0) is 18.2 Å². The zero-order chi connectivity index (χ0) is 13.6. The molecule has 18 heavy (non-hydrogen) atoms. The number of hydrogen-bond donors (Lipinski definition) is 1. The van der Waals surface area contributed by atoms with E-state index in [0.717, 1.165) is 6.26 Å². The highest BCUT2D eigenvalue weighted by atomic mass is 32.2. The summed E-state index contributed by atoms with van der Waals surface area (Å²) in [6, 6.07) is 3.73. The van der Waals surface area contributed by atoms with Crippen LogP contribution in [0.5, 0.6) is 5.75 Å². The summed E-state index contributed by atoms with van der Waals surface area (Å²) in [4.78, 5) is 0. The van der Waals surface area contributed by atoms with E-state index < -0.39 is 15.7 Å². The second-order valence-corrected chi connectivity index (χ2v) is 5.84. The molecule has 0 saturated carbocycles. The van der Waals surface area contributed by atoms with Crippen LogP contribution in [0.1, 0.15) is 5.56 Å². The lowest BCUT2D eigenvalue weighted by molar-refractivity contribution is 0.339. The molecule has 1 aromatic rings. The van der Waals surface area contributed by atoms with Crippen molar-refractivity contribution in [3.8, 4) is 17.6 Å². The Hall–Kier alpha value is -1.58. The van der Waals surface area contributed by atoms with Gasteiger partial charge in [-0.3, -0.25) is 0 Å². The van der Waals surface area contributed by atoms with Gasteiger partial charge in [0, 0.05) is 6.26 Å². The molecule has 98 valence electrons. The summed E-state index contributed by atoms with van der Waals surface area (Å²) in [5.41, 5.74) is 0.276. The molecule has 1 rings (SSSR count). The van der Waals surface area contributed by atoms with Crippen LogP contribution in [0.15, 0.2) is 18.2 Å². The van der Waals surface area contributed by atoms with Crippen LogP contribution in [-0.2, 0) is 9.84 Å². The zero-order valence-corrected chi connectivity index (χ0v) is 10.6. The van der Waals surface area contributed by atoms with E-state index in [1.807, 2.05) is 0 Å². The number of sulfone groups is 1. The second kappa shape index (κ2) is 6.38. The molecule has 0 amide bonds. The molecule has 0 radical (unpaired) electrons. The lowest BCUT2D eigenvalue weighted by atomic mass is 10.2. The Morgan fingerprint density at radius 1 is 1.44 bits per heavy atom. The maximum atomic E-state index is 13.0. The molecule has 4 nitrogen and oxygen atoms in total. The van der Waals surface area contributed by atoms with Crippen LogP contribution in [-0.4, -0.2) is 38.7 Å². The van der Waals surface area contributed by atoms with Crippen molar-refractivity contribution >= 4 is 9.84 Å². The topological polar surface area (TPSA) is 63.6 Å². The molecule has 0 saturated heterocycles. The average Bonchev–Trinajstić information content (AvgIpc) is 2.27. The van der Waals surface area contributed by atoms with Gasteiger partial charge in [0.05, 0.1) is 11.3 Å². The van der Waals surface area contributed by atoms with E-state index in [4.69, 9.17) is 9.84 Å². The van der Waals surface area contributed by atoms with Crippen LogP contribution < -0.4 is 4.74 Å². The first-order chi connectivity index (χ1) is 8.42. The monoisotopic (exact) mass is 272 g/mol. The van der Waals surface area contributed by atoms with E-state index in [2.05, 4.69) is 11.8 Å². The SMILES string of the molecule is CS(=O)(=O)CCOc1ccc(F)cc1C#CCO. The highest BCUT2D eigenvalue weighted by molar-refractivity contribution is 7.90. The fraction of sp³-hybridized carbons (Fsp3) is 0.333. The second-order valence-electron chi connectivity index (χ2n) is 3.58. The van der Waals surface area contributed by atoms with E-state index in [-0.39, 0.29) is 24.5 Å². The summed E-state index contributed by atoms with van der Waals surface area (Å²) in [5.74, 6) is 4.60. The van der Waals surface area contributed by atoms with E-state index in [0.29, 0.717) is 5.75 Å². The van der Waals surface area contributed by atoms with E-state index in [1.54, 1.807) is 0 Å². The van der Waals surface area contributed by atoms with Gasteiger partial charge in [-0.15, -0.1) is 0 Å². The fourth-order valence-electron chi connectivity index (χ4n) is 1.16. The van der Waals surface area contributed by atoms with Gasteiger partial charge in [-0.1, -0.05) is 11.8 Å². The first-order valence-electron chi connectivity index (χ1n) is 5.12. The Morgan fingerprint density at radius 3 is 2.78 bits per heavy atom. The lowest BCUT2D eigenvalue weighted by Gasteiger charge is -2.07. The molecule has 0 spiro atoms. The first kappa shape index (κ1) is 14.5. The largest absolute Gasteiger partial charge is 0.491 e. The maximum Gasteiger partial charge on any atom is 0.150 e. The van der Waals surface area contributed by atoms with Crippen LogP contribution in [0.4, 0.5) is 4.39 Å². The summed E-state index contributed by atoms with van der Waals surface area (Å²) in [7, 11) is -3.11. The standard InChI is InChI=1S/C12H13FO4S/c1-18(15,16)8-7-17-12-5-4-11(13)9-10(12)3-2-6-14/h4-5,9,14H,6-8H2,1H3. The zero-order valence-electron chi connectivity index (χ0n) is 9.81. The number of ether oxygens (including phenoxy) is 1. The van der Waals surface area contributed by atoms with Gasteiger partial charge >= 0.3 is 0 Å².